The average molecular weight is 375 g/mol. The van der Waals surface area contributed by atoms with Crippen molar-refractivity contribution in [1.82, 2.24) is 10.3 Å². The third kappa shape index (κ3) is 4.88. The first-order chi connectivity index (χ1) is 12.1. The lowest BCUT2D eigenvalue weighted by Crippen LogP contribution is -2.34. The molecule has 0 spiro atoms. The van der Waals surface area contributed by atoms with Crippen LogP contribution in [0.25, 0.3) is 0 Å². The molecule has 1 heterocycles. The third-order valence-corrected chi connectivity index (χ3v) is 3.04. The lowest BCUT2D eigenvalue weighted by atomic mass is 10.2. The number of carbonyl (C=O) groups is 2. The lowest BCUT2D eigenvalue weighted by molar-refractivity contribution is -0.137. The Hall–Kier alpha value is -3.24. The highest BCUT2D eigenvalue weighted by atomic mass is 19.4. The van der Waals surface area contributed by atoms with Crippen LogP contribution >= 0.6 is 0 Å². The first-order valence-electron chi connectivity index (χ1n) is 6.90. The number of benzene rings is 1. The van der Waals surface area contributed by atoms with Gasteiger partial charge >= 0.3 is 6.18 Å². The van der Waals surface area contributed by atoms with Gasteiger partial charge in [0.15, 0.2) is 0 Å². The highest BCUT2D eigenvalue weighted by Gasteiger charge is 2.31. The first-order valence-corrected chi connectivity index (χ1v) is 6.90. The number of H-pyrrole nitrogens is 1. The Kier molecular flexibility index (Phi) is 5.38. The molecule has 0 fully saturated rings. The second-order valence-corrected chi connectivity index (χ2v) is 5.02. The summed E-state index contributed by atoms with van der Waals surface area (Å²) in [6.45, 7) is -0.743. The normalized spacial score (nSPS) is 11.1. The molecular weight excluding hydrogens is 365 g/mol. The van der Waals surface area contributed by atoms with Crippen molar-refractivity contribution in [3.05, 3.63) is 63.6 Å². The Labute approximate surface area is 142 Å². The smallest absolute Gasteiger partial charge is 0.343 e. The van der Waals surface area contributed by atoms with E-state index in [0.717, 1.165) is 12.1 Å². The monoisotopic (exact) mass is 375 g/mol. The zero-order valence-electron chi connectivity index (χ0n) is 12.7. The Balaban J connectivity index is 2.03. The quantitative estimate of drug-likeness (QED) is 0.715. The van der Waals surface area contributed by atoms with E-state index >= 15 is 0 Å². The van der Waals surface area contributed by atoms with Gasteiger partial charge in [-0.2, -0.15) is 13.2 Å². The number of nitrogens with one attached hydrogen (secondary N) is 3. The lowest BCUT2D eigenvalue weighted by Gasteiger charge is -2.10. The van der Waals surface area contributed by atoms with Crippen LogP contribution in [-0.4, -0.2) is 23.3 Å². The highest BCUT2D eigenvalue weighted by molar-refractivity contribution is 5.99. The molecule has 138 valence electrons. The fourth-order valence-electron chi connectivity index (χ4n) is 1.88. The number of hydrogen-bond donors (Lipinski definition) is 3. The largest absolute Gasteiger partial charge is 0.417 e. The minimum Gasteiger partial charge on any atom is -0.343 e. The fourth-order valence-corrected chi connectivity index (χ4v) is 1.88. The first kappa shape index (κ1) is 19.1. The van der Waals surface area contributed by atoms with Crippen LogP contribution in [-0.2, 0) is 11.0 Å². The molecule has 26 heavy (non-hydrogen) atoms. The summed E-state index contributed by atoms with van der Waals surface area (Å²) >= 11 is 0. The van der Waals surface area contributed by atoms with Crippen LogP contribution in [0.2, 0.25) is 0 Å². The van der Waals surface area contributed by atoms with Gasteiger partial charge in [0.1, 0.15) is 17.3 Å². The van der Waals surface area contributed by atoms with E-state index in [1.807, 2.05) is 15.6 Å². The molecule has 0 atom stereocenters. The molecule has 0 saturated heterocycles. The summed E-state index contributed by atoms with van der Waals surface area (Å²) < 4.78 is 63.8. The van der Waals surface area contributed by atoms with Crippen molar-refractivity contribution in [1.29, 1.82) is 0 Å². The molecule has 0 radical (unpaired) electrons. The van der Waals surface area contributed by atoms with E-state index in [2.05, 4.69) is 0 Å². The van der Waals surface area contributed by atoms with Crippen LogP contribution in [0.15, 0.2) is 35.3 Å². The molecule has 2 rings (SSSR count). The van der Waals surface area contributed by atoms with E-state index in [-0.39, 0.29) is 0 Å². The molecule has 0 saturated carbocycles. The maximum Gasteiger partial charge on any atom is 0.417 e. The Morgan fingerprint density at radius 1 is 1.04 bits per heavy atom. The second-order valence-electron chi connectivity index (χ2n) is 5.02. The number of aromatic nitrogens is 1. The molecule has 0 bridgehead atoms. The van der Waals surface area contributed by atoms with Crippen LogP contribution in [0, 0.1) is 11.6 Å². The molecule has 1 aromatic carbocycles. The number of aromatic amines is 1. The predicted octanol–water partition coefficient (Wildman–Crippen LogP) is 2.04. The summed E-state index contributed by atoms with van der Waals surface area (Å²) in [5, 5.41) is 3.93. The van der Waals surface area contributed by atoms with Gasteiger partial charge in [0.2, 0.25) is 5.91 Å². The summed E-state index contributed by atoms with van der Waals surface area (Å²) in [5.41, 5.74) is -3.24. The molecule has 0 unspecified atom stereocenters. The zero-order chi connectivity index (χ0) is 19.5. The van der Waals surface area contributed by atoms with E-state index in [1.165, 1.54) is 0 Å². The summed E-state index contributed by atoms with van der Waals surface area (Å²) in [5.74, 6) is -4.01. The third-order valence-electron chi connectivity index (χ3n) is 3.04. The summed E-state index contributed by atoms with van der Waals surface area (Å²) in [6, 6.07) is 2.44. The van der Waals surface area contributed by atoms with E-state index < -0.39 is 58.5 Å². The number of carbonyl (C=O) groups excluding carboxylic acids is 2. The minimum atomic E-state index is -4.74. The molecule has 0 aliphatic heterocycles. The van der Waals surface area contributed by atoms with E-state index in [4.69, 9.17) is 0 Å². The van der Waals surface area contributed by atoms with Gasteiger partial charge in [0.25, 0.3) is 11.5 Å². The number of rotatable bonds is 4. The molecule has 0 aliphatic carbocycles. The van der Waals surface area contributed by atoms with Gasteiger partial charge in [0.05, 0.1) is 12.1 Å². The van der Waals surface area contributed by atoms with Crippen molar-refractivity contribution < 1.29 is 31.5 Å². The van der Waals surface area contributed by atoms with Crippen molar-refractivity contribution in [2.24, 2.45) is 0 Å². The van der Waals surface area contributed by atoms with Crippen LogP contribution < -0.4 is 16.2 Å². The van der Waals surface area contributed by atoms with Gasteiger partial charge in [0, 0.05) is 17.8 Å². The maximum absolute atomic E-state index is 13.0. The zero-order valence-corrected chi connectivity index (χ0v) is 12.7. The van der Waals surface area contributed by atoms with Gasteiger partial charge in [-0.15, -0.1) is 0 Å². The maximum atomic E-state index is 13.0. The Bertz CT molecular complexity index is 888. The second kappa shape index (κ2) is 7.33. The number of halogens is 5. The molecule has 11 heteroatoms. The van der Waals surface area contributed by atoms with Gasteiger partial charge in [-0.25, -0.2) is 8.78 Å². The number of alkyl halides is 3. The summed E-state index contributed by atoms with van der Waals surface area (Å²) in [4.78, 5) is 36.7. The minimum absolute atomic E-state index is 0.396. The van der Waals surface area contributed by atoms with Gasteiger partial charge in [-0.05, 0) is 18.2 Å². The number of pyridine rings is 1. The van der Waals surface area contributed by atoms with Crippen LogP contribution in [0.3, 0.4) is 0 Å². The van der Waals surface area contributed by atoms with Crippen molar-refractivity contribution in [2.75, 3.05) is 11.9 Å². The highest BCUT2D eigenvalue weighted by Crippen LogP contribution is 2.29. The van der Waals surface area contributed by atoms with E-state index in [0.29, 0.717) is 18.3 Å². The SMILES string of the molecule is O=C(CNC(=O)c1cc(F)cc(F)c1)Nc1cc(C(F)(F)F)c[nH]c1=O. The standard InChI is InChI=1S/C15H10F5N3O3/c16-9-1-7(2-10(17)4-9)13(25)22-6-12(24)23-11-3-8(15(18,19)20)5-21-14(11)26/h1-5H,6H2,(H,21,26)(H,22,25)(H,23,24). The molecular formula is C15H10F5N3O3. The van der Waals surface area contributed by atoms with Crippen LogP contribution in [0.4, 0.5) is 27.6 Å². The number of anilines is 1. The van der Waals surface area contributed by atoms with Crippen molar-refractivity contribution in [3.8, 4) is 0 Å². The fraction of sp³-hybridized carbons (Fsp3) is 0.133. The average Bonchev–Trinajstić information content (AvgIpc) is 2.52. The number of amides is 2. The van der Waals surface area contributed by atoms with Crippen LogP contribution in [0.5, 0.6) is 0 Å². The summed E-state index contributed by atoms with van der Waals surface area (Å²) in [7, 11) is 0. The Morgan fingerprint density at radius 3 is 2.23 bits per heavy atom. The van der Waals surface area contributed by atoms with Crippen molar-refractivity contribution >= 4 is 17.5 Å². The van der Waals surface area contributed by atoms with E-state index in [1.54, 1.807) is 0 Å². The topological polar surface area (TPSA) is 91.1 Å². The summed E-state index contributed by atoms with van der Waals surface area (Å²) in [6.07, 6.45) is -4.29. The van der Waals surface area contributed by atoms with Crippen molar-refractivity contribution in [3.63, 3.8) is 0 Å². The molecule has 6 nitrogen and oxygen atoms in total. The van der Waals surface area contributed by atoms with Gasteiger partial charge in [-0.3, -0.25) is 14.4 Å². The molecule has 0 aliphatic rings. The predicted molar refractivity (Wildman–Crippen MR) is 79.4 cm³/mol. The van der Waals surface area contributed by atoms with Crippen molar-refractivity contribution in [2.45, 2.75) is 6.18 Å². The molecule has 2 amide bonds. The number of hydrogen-bond acceptors (Lipinski definition) is 3. The Morgan fingerprint density at radius 2 is 1.65 bits per heavy atom. The molecule has 3 N–H and O–H groups in total. The van der Waals surface area contributed by atoms with E-state index in [9.17, 15) is 36.3 Å². The molecule has 2 aromatic rings. The van der Waals surface area contributed by atoms with Gasteiger partial charge in [-0.1, -0.05) is 0 Å². The van der Waals surface area contributed by atoms with Gasteiger partial charge < -0.3 is 15.6 Å². The molecule has 1 aromatic heterocycles. The van der Waals surface area contributed by atoms with Crippen LogP contribution in [0.1, 0.15) is 15.9 Å².